The molecular weight excluding hydrogens is 547 g/mol. The molecule has 209 valence electrons. The summed E-state index contributed by atoms with van der Waals surface area (Å²) >= 11 is 0. The Kier molecular flexibility index (Phi) is 14.9. The van der Waals surface area contributed by atoms with Gasteiger partial charge in [-0.25, -0.2) is 0 Å². The van der Waals surface area contributed by atoms with Crippen LogP contribution in [0.5, 0.6) is 17.2 Å². The van der Waals surface area contributed by atoms with Crippen molar-refractivity contribution in [2.75, 3.05) is 7.11 Å². The Morgan fingerprint density at radius 1 is 0.744 bits per heavy atom. The van der Waals surface area contributed by atoms with Gasteiger partial charge >= 0.3 is 16.8 Å². The minimum Gasteiger partial charge on any atom is -0.550 e. The summed E-state index contributed by atoms with van der Waals surface area (Å²) in [5.74, 6) is -1.10. The number of carboxylic acid groups (broad SMARTS) is 2. The molecule has 1 radical (unpaired) electrons. The number of aliphatic imine (C=N–C) groups is 2. The normalized spacial score (nSPS) is 10.1. The van der Waals surface area contributed by atoms with Gasteiger partial charge in [0.15, 0.2) is 0 Å². The summed E-state index contributed by atoms with van der Waals surface area (Å²) in [7, 11) is 1.59. The number of aliphatic carboxylic acids is 2. The molecule has 0 fully saturated rings. The third kappa shape index (κ3) is 12.3. The zero-order valence-corrected chi connectivity index (χ0v) is 23.9. The van der Waals surface area contributed by atoms with Crippen LogP contribution in [0.1, 0.15) is 47.2 Å². The Labute approximate surface area is 238 Å². The molecule has 0 unspecified atom stereocenters. The number of benzene rings is 3. The van der Waals surface area contributed by atoms with Gasteiger partial charge in [0.05, 0.1) is 18.5 Å². The predicted octanol–water partition coefficient (Wildman–Crippen LogP) is 3.35. The summed E-state index contributed by atoms with van der Waals surface area (Å²) in [5.41, 5.74) is 6.18. The number of ether oxygens (including phenoxy) is 1. The van der Waals surface area contributed by atoms with Crippen molar-refractivity contribution in [3.8, 4) is 17.2 Å². The van der Waals surface area contributed by atoms with E-state index < -0.39 is 11.9 Å². The maximum absolute atomic E-state index is 10.3. The molecule has 39 heavy (non-hydrogen) atoms. The van der Waals surface area contributed by atoms with Crippen LogP contribution in [0, 0.1) is 27.7 Å². The number of methoxy groups -OCH3 is 1. The number of aromatic hydroxyl groups is 2. The van der Waals surface area contributed by atoms with Crippen LogP contribution in [0.4, 0.5) is 11.4 Å². The Morgan fingerprint density at radius 2 is 1.13 bits per heavy atom. The summed E-state index contributed by atoms with van der Waals surface area (Å²) in [4.78, 5) is 26.9. The zero-order valence-electron chi connectivity index (χ0n) is 22.9. The van der Waals surface area contributed by atoms with Gasteiger partial charge in [-0.3, -0.25) is 9.98 Å². The summed E-state index contributed by atoms with van der Waals surface area (Å²) in [5, 5.41) is 38.4. The molecule has 0 atom stereocenters. The van der Waals surface area contributed by atoms with Crippen LogP contribution in [0.2, 0.25) is 0 Å². The molecule has 9 nitrogen and oxygen atoms in total. The minimum absolute atomic E-state index is 0. The maximum Gasteiger partial charge on any atom is 2.00 e. The number of hydrogen-bond donors (Lipinski definition) is 2. The molecule has 3 aromatic carbocycles. The molecule has 0 aromatic heterocycles. The van der Waals surface area contributed by atoms with Crippen molar-refractivity contribution in [1.29, 1.82) is 0 Å². The van der Waals surface area contributed by atoms with E-state index >= 15 is 0 Å². The first-order valence-corrected chi connectivity index (χ1v) is 11.5. The standard InChI is InChI=1S/C25H26N2O3.2C2H4O2.Co/c1-15-8-17(3)24(28)19(10-15)13-26-22-7-6-21(30-5)12-23(22)27-14-20-11-16(2)9-18(4)25(20)29;2*1-2(3)4;/h6-14,28-29H,1-5H3;2*1H3,(H,3,4);/q;;;+2/p-2. The molecule has 0 aliphatic carbocycles. The number of hydrogen-bond acceptors (Lipinski definition) is 9. The Morgan fingerprint density at radius 3 is 1.51 bits per heavy atom. The van der Waals surface area contributed by atoms with Crippen LogP contribution < -0.4 is 14.9 Å². The second kappa shape index (κ2) is 16.6. The molecule has 10 heteroatoms. The van der Waals surface area contributed by atoms with Crippen molar-refractivity contribution in [3.05, 3.63) is 75.8 Å². The molecule has 3 aromatic rings. The van der Waals surface area contributed by atoms with Crippen LogP contribution in [-0.2, 0) is 26.4 Å². The average molecular weight is 580 g/mol. The first-order chi connectivity index (χ1) is 17.7. The van der Waals surface area contributed by atoms with Gasteiger partial charge in [0.25, 0.3) is 0 Å². The number of nitrogens with zero attached hydrogens (tertiary/aromatic N) is 2. The monoisotopic (exact) mass is 579 g/mol. The third-order valence-electron chi connectivity index (χ3n) is 4.82. The molecular formula is C29H32CoN2O7. The summed E-state index contributed by atoms with van der Waals surface area (Å²) in [6, 6.07) is 13.0. The Balaban J connectivity index is 0.00000142. The molecule has 0 aliphatic heterocycles. The summed E-state index contributed by atoms with van der Waals surface area (Å²) < 4.78 is 5.32. The smallest absolute Gasteiger partial charge is 0.550 e. The van der Waals surface area contributed by atoms with Gasteiger partial charge in [-0.15, -0.1) is 0 Å². The predicted molar refractivity (Wildman–Crippen MR) is 144 cm³/mol. The first-order valence-electron chi connectivity index (χ1n) is 11.5. The second-order valence-corrected chi connectivity index (χ2v) is 8.39. The van der Waals surface area contributed by atoms with Crippen LogP contribution >= 0.6 is 0 Å². The van der Waals surface area contributed by atoms with Crippen molar-refractivity contribution in [2.24, 2.45) is 9.98 Å². The van der Waals surface area contributed by atoms with Crippen LogP contribution in [0.15, 0.2) is 52.4 Å². The van der Waals surface area contributed by atoms with Crippen molar-refractivity contribution in [3.63, 3.8) is 0 Å². The van der Waals surface area contributed by atoms with Gasteiger partial charge in [0, 0.05) is 41.6 Å². The fourth-order valence-corrected chi connectivity index (χ4v) is 3.30. The molecule has 2 N–H and O–H groups in total. The fraction of sp³-hybridized carbons (Fsp3) is 0.241. The largest absolute Gasteiger partial charge is 2.00 e. The van der Waals surface area contributed by atoms with E-state index in [0.717, 1.165) is 36.1 Å². The first kappa shape index (κ1) is 34.8. The molecule has 3 rings (SSSR count). The summed E-state index contributed by atoms with van der Waals surface area (Å²) in [6.07, 6.45) is 3.25. The van der Waals surface area contributed by atoms with Gasteiger partial charge in [-0.1, -0.05) is 12.1 Å². The number of phenols is 2. The molecule has 0 saturated heterocycles. The van der Waals surface area contributed by atoms with E-state index in [0.29, 0.717) is 28.3 Å². The molecule has 0 saturated carbocycles. The number of phenolic OH excluding ortho intramolecular Hbond substituents is 2. The number of rotatable bonds is 5. The van der Waals surface area contributed by atoms with Gasteiger partial charge in [-0.05, 0) is 88.1 Å². The third-order valence-corrected chi connectivity index (χ3v) is 4.82. The SMILES string of the molecule is CC(=O)[O-].CC(=O)[O-].COc1ccc(N=Cc2cc(C)cc(C)c2O)c(N=Cc2cc(C)cc(C)c2O)c1.[Co+2]. The molecule has 0 amide bonds. The number of carbonyl (C=O) groups excluding carboxylic acids is 2. The molecule has 0 aliphatic rings. The van der Waals surface area contributed by atoms with Crippen LogP contribution in [0.25, 0.3) is 0 Å². The quantitative estimate of drug-likeness (QED) is 0.439. The molecule has 0 bridgehead atoms. The number of carbonyl (C=O) groups is 2. The van der Waals surface area contributed by atoms with Crippen LogP contribution in [-0.4, -0.2) is 41.7 Å². The van der Waals surface area contributed by atoms with E-state index in [-0.39, 0.29) is 28.3 Å². The van der Waals surface area contributed by atoms with Crippen molar-refractivity contribution >= 4 is 35.7 Å². The minimum atomic E-state index is -1.08. The Hall–Kier alpha value is -4.15. The van der Waals surface area contributed by atoms with E-state index in [1.807, 2.05) is 58.0 Å². The van der Waals surface area contributed by atoms with E-state index in [4.69, 9.17) is 24.5 Å². The number of carboxylic acids is 2. The van der Waals surface area contributed by atoms with Crippen molar-refractivity contribution in [2.45, 2.75) is 41.5 Å². The van der Waals surface area contributed by atoms with Crippen molar-refractivity contribution < 1.29 is 51.5 Å². The molecule has 0 spiro atoms. The maximum atomic E-state index is 10.3. The average Bonchev–Trinajstić information content (AvgIpc) is 2.81. The second-order valence-electron chi connectivity index (χ2n) is 8.39. The van der Waals surface area contributed by atoms with Crippen molar-refractivity contribution in [1.82, 2.24) is 0 Å². The van der Waals surface area contributed by atoms with E-state index in [2.05, 4.69) is 9.98 Å². The molecule has 0 heterocycles. The van der Waals surface area contributed by atoms with Crippen LogP contribution in [0.3, 0.4) is 0 Å². The van der Waals surface area contributed by atoms with Gasteiger partial charge in [0.2, 0.25) is 0 Å². The van der Waals surface area contributed by atoms with E-state index in [1.54, 1.807) is 31.7 Å². The Bertz CT molecular complexity index is 1330. The number of aryl methyl sites for hydroxylation is 4. The van der Waals surface area contributed by atoms with Gasteiger partial charge in [0.1, 0.15) is 17.2 Å². The zero-order chi connectivity index (χ0) is 29.0. The van der Waals surface area contributed by atoms with Gasteiger partial charge < -0.3 is 34.8 Å². The van der Waals surface area contributed by atoms with Gasteiger partial charge in [-0.2, -0.15) is 0 Å². The fourth-order valence-electron chi connectivity index (χ4n) is 3.30. The topological polar surface area (TPSA) is 155 Å². The van der Waals surface area contributed by atoms with E-state index in [9.17, 15) is 10.2 Å². The summed E-state index contributed by atoms with van der Waals surface area (Å²) in [6.45, 7) is 9.61. The van der Waals surface area contributed by atoms with E-state index in [1.165, 1.54) is 0 Å².